The van der Waals surface area contributed by atoms with E-state index in [-0.39, 0.29) is 5.56 Å². The van der Waals surface area contributed by atoms with E-state index in [0.717, 1.165) is 5.56 Å². The molecule has 0 radical (unpaired) electrons. The van der Waals surface area contributed by atoms with Gasteiger partial charge in [-0.05, 0) is 39.7 Å². The van der Waals surface area contributed by atoms with Gasteiger partial charge in [-0.3, -0.25) is 4.98 Å². The molecule has 0 fully saturated rings. The lowest BCUT2D eigenvalue weighted by Crippen LogP contribution is -2.07. The SMILES string of the molecule is O=C(O)c1c(Br)cccc1NCc1cccnc1. The fourth-order valence-electron chi connectivity index (χ4n) is 1.59. The van der Waals surface area contributed by atoms with Crippen molar-refractivity contribution in [2.75, 3.05) is 5.32 Å². The smallest absolute Gasteiger partial charge is 0.338 e. The van der Waals surface area contributed by atoms with Crippen LogP contribution in [0.25, 0.3) is 0 Å². The Kier molecular flexibility index (Phi) is 3.94. The molecule has 0 saturated heterocycles. The van der Waals surface area contributed by atoms with Crippen LogP contribution in [-0.2, 0) is 6.54 Å². The first-order chi connectivity index (χ1) is 8.68. The number of nitrogens with zero attached hydrogens (tertiary/aromatic N) is 1. The number of aromatic nitrogens is 1. The number of aromatic carboxylic acids is 1. The molecule has 5 heteroatoms. The summed E-state index contributed by atoms with van der Waals surface area (Å²) in [6.45, 7) is 0.532. The van der Waals surface area contributed by atoms with Gasteiger partial charge in [0.1, 0.15) is 0 Å². The highest BCUT2D eigenvalue weighted by atomic mass is 79.9. The maximum atomic E-state index is 11.2. The number of benzene rings is 1. The molecule has 1 heterocycles. The van der Waals surface area contributed by atoms with Crippen LogP contribution in [0.3, 0.4) is 0 Å². The van der Waals surface area contributed by atoms with Crippen molar-refractivity contribution in [3.63, 3.8) is 0 Å². The van der Waals surface area contributed by atoms with E-state index in [1.54, 1.807) is 30.6 Å². The van der Waals surface area contributed by atoms with Crippen LogP contribution in [0.15, 0.2) is 47.2 Å². The Morgan fingerprint density at radius 2 is 2.17 bits per heavy atom. The largest absolute Gasteiger partial charge is 0.478 e. The maximum absolute atomic E-state index is 11.2. The lowest BCUT2D eigenvalue weighted by molar-refractivity contribution is 0.0697. The number of hydrogen-bond acceptors (Lipinski definition) is 3. The van der Waals surface area contributed by atoms with Gasteiger partial charge in [0, 0.05) is 23.4 Å². The average Bonchev–Trinajstić information content (AvgIpc) is 2.37. The maximum Gasteiger partial charge on any atom is 0.338 e. The molecule has 0 spiro atoms. The summed E-state index contributed by atoms with van der Waals surface area (Å²) >= 11 is 3.24. The second-order valence-electron chi connectivity index (χ2n) is 3.68. The van der Waals surface area contributed by atoms with Crippen LogP contribution in [0.5, 0.6) is 0 Å². The molecule has 18 heavy (non-hydrogen) atoms. The van der Waals surface area contributed by atoms with E-state index >= 15 is 0 Å². The predicted octanol–water partition coefficient (Wildman–Crippen LogP) is 3.15. The number of halogens is 1. The van der Waals surface area contributed by atoms with Crippen LogP contribution in [0.1, 0.15) is 15.9 Å². The van der Waals surface area contributed by atoms with Gasteiger partial charge in [0.2, 0.25) is 0 Å². The third kappa shape index (κ3) is 2.87. The molecular weight excluding hydrogens is 296 g/mol. The summed E-state index contributed by atoms with van der Waals surface area (Å²) in [4.78, 5) is 15.2. The Hall–Kier alpha value is -1.88. The molecule has 2 N–H and O–H groups in total. The highest BCUT2D eigenvalue weighted by molar-refractivity contribution is 9.10. The van der Waals surface area contributed by atoms with Crippen LogP contribution < -0.4 is 5.32 Å². The van der Waals surface area contributed by atoms with E-state index in [1.165, 1.54) is 0 Å². The third-order valence-electron chi connectivity index (χ3n) is 2.43. The normalized spacial score (nSPS) is 10.1. The minimum absolute atomic E-state index is 0.237. The van der Waals surface area contributed by atoms with Gasteiger partial charge in [-0.25, -0.2) is 4.79 Å². The zero-order valence-corrected chi connectivity index (χ0v) is 11.0. The van der Waals surface area contributed by atoms with E-state index < -0.39 is 5.97 Å². The van der Waals surface area contributed by atoms with Gasteiger partial charge in [0.05, 0.1) is 11.3 Å². The Balaban J connectivity index is 2.20. The molecular formula is C13H11BrN2O2. The van der Waals surface area contributed by atoms with Gasteiger partial charge >= 0.3 is 5.97 Å². The minimum atomic E-state index is -0.962. The highest BCUT2D eigenvalue weighted by Crippen LogP contribution is 2.25. The quantitative estimate of drug-likeness (QED) is 0.911. The van der Waals surface area contributed by atoms with Crippen molar-refractivity contribution in [1.82, 2.24) is 4.98 Å². The molecule has 0 aliphatic rings. The monoisotopic (exact) mass is 306 g/mol. The van der Waals surface area contributed by atoms with E-state index in [2.05, 4.69) is 26.2 Å². The average molecular weight is 307 g/mol. The van der Waals surface area contributed by atoms with Crippen LogP contribution in [-0.4, -0.2) is 16.1 Å². The Morgan fingerprint density at radius 1 is 1.33 bits per heavy atom. The Labute approximate surface area is 113 Å². The molecule has 4 nitrogen and oxygen atoms in total. The summed E-state index contributed by atoms with van der Waals surface area (Å²) in [6.07, 6.45) is 3.44. The van der Waals surface area contributed by atoms with Gasteiger partial charge in [0.15, 0.2) is 0 Å². The number of carboxylic acid groups (broad SMARTS) is 1. The van der Waals surface area contributed by atoms with Crippen molar-refractivity contribution < 1.29 is 9.90 Å². The Morgan fingerprint density at radius 3 is 2.83 bits per heavy atom. The zero-order valence-electron chi connectivity index (χ0n) is 9.43. The second kappa shape index (κ2) is 5.64. The fraction of sp³-hybridized carbons (Fsp3) is 0.0769. The predicted molar refractivity (Wildman–Crippen MR) is 72.7 cm³/mol. The van der Waals surface area contributed by atoms with Crippen molar-refractivity contribution in [3.05, 3.63) is 58.3 Å². The standard InChI is InChI=1S/C13H11BrN2O2/c14-10-4-1-5-11(12(10)13(17)18)16-8-9-3-2-6-15-7-9/h1-7,16H,8H2,(H,17,18). The number of hydrogen-bond donors (Lipinski definition) is 2. The van der Waals surface area contributed by atoms with Crippen LogP contribution >= 0.6 is 15.9 Å². The lowest BCUT2D eigenvalue weighted by atomic mass is 10.1. The van der Waals surface area contributed by atoms with Crippen LogP contribution in [0, 0.1) is 0 Å². The third-order valence-corrected chi connectivity index (χ3v) is 3.09. The molecule has 0 aliphatic heterocycles. The number of carbonyl (C=O) groups is 1. The molecule has 0 amide bonds. The second-order valence-corrected chi connectivity index (χ2v) is 4.54. The summed E-state index contributed by atoms with van der Waals surface area (Å²) in [5, 5.41) is 12.3. The van der Waals surface area contributed by atoms with E-state index in [4.69, 9.17) is 5.11 Å². The topological polar surface area (TPSA) is 62.2 Å². The highest BCUT2D eigenvalue weighted by Gasteiger charge is 2.13. The van der Waals surface area contributed by atoms with Gasteiger partial charge in [0.25, 0.3) is 0 Å². The van der Waals surface area contributed by atoms with Crippen molar-refractivity contribution in [2.24, 2.45) is 0 Å². The molecule has 1 aromatic carbocycles. The minimum Gasteiger partial charge on any atom is -0.478 e. The number of pyridine rings is 1. The number of rotatable bonds is 4. The zero-order chi connectivity index (χ0) is 13.0. The van der Waals surface area contributed by atoms with Crippen LogP contribution in [0.4, 0.5) is 5.69 Å². The summed E-state index contributed by atoms with van der Waals surface area (Å²) in [5.74, 6) is -0.962. The summed E-state index contributed by atoms with van der Waals surface area (Å²) < 4.78 is 0.561. The lowest BCUT2D eigenvalue weighted by Gasteiger charge is -2.10. The Bertz CT molecular complexity index is 558. The number of anilines is 1. The first-order valence-electron chi connectivity index (χ1n) is 5.33. The van der Waals surface area contributed by atoms with Gasteiger partial charge in [-0.2, -0.15) is 0 Å². The molecule has 0 atom stereocenters. The van der Waals surface area contributed by atoms with Crippen molar-refractivity contribution in [1.29, 1.82) is 0 Å². The summed E-state index contributed by atoms with van der Waals surface area (Å²) in [6, 6.07) is 9.01. The first kappa shape index (κ1) is 12.6. The van der Waals surface area contributed by atoms with Gasteiger partial charge in [-0.15, -0.1) is 0 Å². The number of carboxylic acids is 1. The van der Waals surface area contributed by atoms with E-state index in [1.807, 2.05) is 12.1 Å². The van der Waals surface area contributed by atoms with E-state index in [9.17, 15) is 4.79 Å². The van der Waals surface area contributed by atoms with E-state index in [0.29, 0.717) is 16.7 Å². The molecule has 0 bridgehead atoms. The molecule has 1 aromatic heterocycles. The molecule has 2 aromatic rings. The molecule has 92 valence electrons. The van der Waals surface area contributed by atoms with Crippen LogP contribution in [0.2, 0.25) is 0 Å². The molecule has 0 saturated carbocycles. The fourth-order valence-corrected chi connectivity index (χ4v) is 2.12. The molecule has 0 aliphatic carbocycles. The number of nitrogens with one attached hydrogen (secondary N) is 1. The first-order valence-corrected chi connectivity index (χ1v) is 6.12. The molecule has 2 rings (SSSR count). The van der Waals surface area contributed by atoms with Gasteiger partial charge < -0.3 is 10.4 Å². The van der Waals surface area contributed by atoms with Crippen molar-refractivity contribution in [2.45, 2.75) is 6.54 Å². The van der Waals surface area contributed by atoms with Crippen molar-refractivity contribution >= 4 is 27.6 Å². The van der Waals surface area contributed by atoms with Crippen molar-refractivity contribution in [3.8, 4) is 0 Å². The van der Waals surface area contributed by atoms with Gasteiger partial charge in [-0.1, -0.05) is 12.1 Å². The summed E-state index contributed by atoms with van der Waals surface area (Å²) in [5.41, 5.74) is 1.82. The molecule has 0 unspecified atom stereocenters. The summed E-state index contributed by atoms with van der Waals surface area (Å²) in [7, 11) is 0.